The summed E-state index contributed by atoms with van der Waals surface area (Å²) < 4.78 is 10.0. The zero-order valence-electron chi connectivity index (χ0n) is 11.3. The van der Waals surface area contributed by atoms with E-state index >= 15 is 0 Å². The van der Waals surface area contributed by atoms with Gasteiger partial charge in [-0.25, -0.2) is 9.59 Å². The summed E-state index contributed by atoms with van der Waals surface area (Å²) in [4.78, 5) is 24.2. The van der Waals surface area contributed by atoms with Crippen molar-refractivity contribution in [2.75, 3.05) is 40.0 Å². The van der Waals surface area contributed by atoms with Crippen molar-refractivity contribution >= 4 is 12.0 Å². The molecule has 7 nitrogen and oxygen atoms in total. The van der Waals surface area contributed by atoms with Gasteiger partial charge in [-0.3, -0.25) is 0 Å². The van der Waals surface area contributed by atoms with Crippen LogP contribution in [0.15, 0.2) is 0 Å². The standard InChI is InChI=1S/C12H22N2O5/c1-18-7-4-2-3-5-13-12(17)14-6-8-19-9-10(14)11(15)16/h10H,2-9H2,1H3,(H,13,17)(H,15,16). The second kappa shape index (κ2) is 8.71. The van der Waals surface area contributed by atoms with Crippen molar-refractivity contribution in [2.45, 2.75) is 25.3 Å². The Labute approximate surface area is 112 Å². The first-order chi connectivity index (χ1) is 9.16. The number of carboxylic acids is 1. The number of nitrogens with zero attached hydrogens (tertiary/aromatic N) is 1. The molecule has 1 atom stereocenters. The number of unbranched alkanes of at least 4 members (excludes halogenated alkanes) is 2. The second-order valence-electron chi connectivity index (χ2n) is 4.41. The Bertz CT molecular complexity index is 298. The van der Waals surface area contributed by atoms with Gasteiger partial charge in [0.2, 0.25) is 0 Å². The van der Waals surface area contributed by atoms with Gasteiger partial charge < -0.3 is 24.8 Å². The van der Waals surface area contributed by atoms with Crippen LogP contribution in [0, 0.1) is 0 Å². The number of hydrogen-bond donors (Lipinski definition) is 2. The van der Waals surface area contributed by atoms with Crippen molar-refractivity contribution in [3.63, 3.8) is 0 Å². The fourth-order valence-corrected chi connectivity index (χ4v) is 1.90. The maximum absolute atomic E-state index is 11.9. The lowest BCUT2D eigenvalue weighted by molar-refractivity contribution is -0.147. The van der Waals surface area contributed by atoms with E-state index in [-0.39, 0.29) is 12.6 Å². The molecule has 1 aliphatic heterocycles. The fourth-order valence-electron chi connectivity index (χ4n) is 1.90. The molecule has 110 valence electrons. The summed E-state index contributed by atoms with van der Waals surface area (Å²) in [5, 5.41) is 11.8. The van der Waals surface area contributed by atoms with Crippen LogP contribution < -0.4 is 5.32 Å². The molecule has 1 saturated heterocycles. The summed E-state index contributed by atoms with van der Waals surface area (Å²) in [7, 11) is 1.66. The first-order valence-electron chi connectivity index (χ1n) is 6.50. The van der Waals surface area contributed by atoms with E-state index in [0.29, 0.717) is 19.7 Å². The predicted molar refractivity (Wildman–Crippen MR) is 68.1 cm³/mol. The van der Waals surface area contributed by atoms with Crippen molar-refractivity contribution in [3.8, 4) is 0 Å². The number of carboxylic acid groups (broad SMARTS) is 1. The van der Waals surface area contributed by atoms with Gasteiger partial charge in [0, 0.05) is 26.8 Å². The molecule has 2 amide bonds. The van der Waals surface area contributed by atoms with Gasteiger partial charge in [-0.1, -0.05) is 0 Å². The van der Waals surface area contributed by atoms with Gasteiger partial charge in [0.25, 0.3) is 0 Å². The monoisotopic (exact) mass is 274 g/mol. The maximum atomic E-state index is 11.9. The molecule has 1 aliphatic rings. The number of aliphatic carboxylic acids is 1. The summed E-state index contributed by atoms with van der Waals surface area (Å²) in [6, 6.07) is -1.22. The third kappa shape index (κ3) is 5.44. The molecular weight excluding hydrogens is 252 g/mol. The molecule has 0 bridgehead atoms. The molecule has 1 unspecified atom stereocenters. The number of rotatable bonds is 7. The van der Waals surface area contributed by atoms with Crippen LogP contribution in [0.2, 0.25) is 0 Å². The predicted octanol–water partition coefficient (Wildman–Crippen LogP) is 0.298. The van der Waals surface area contributed by atoms with Gasteiger partial charge >= 0.3 is 12.0 Å². The van der Waals surface area contributed by atoms with Crippen molar-refractivity contribution in [1.29, 1.82) is 0 Å². The smallest absolute Gasteiger partial charge is 0.328 e. The van der Waals surface area contributed by atoms with E-state index < -0.39 is 12.0 Å². The topological polar surface area (TPSA) is 88.1 Å². The van der Waals surface area contributed by atoms with E-state index in [2.05, 4.69) is 5.32 Å². The summed E-state index contributed by atoms with van der Waals surface area (Å²) >= 11 is 0. The highest BCUT2D eigenvalue weighted by atomic mass is 16.5. The minimum absolute atomic E-state index is 0.0522. The van der Waals surface area contributed by atoms with E-state index in [1.807, 2.05) is 0 Å². The molecule has 0 aliphatic carbocycles. The molecule has 0 spiro atoms. The number of urea groups is 1. The average Bonchev–Trinajstić information content (AvgIpc) is 2.42. The molecule has 1 rings (SSSR count). The minimum Gasteiger partial charge on any atom is -0.480 e. The number of amides is 2. The Morgan fingerprint density at radius 2 is 2.21 bits per heavy atom. The Balaban J connectivity index is 2.25. The van der Waals surface area contributed by atoms with Gasteiger partial charge in [-0.2, -0.15) is 0 Å². The molecule has 0 saturated carbocycles. The van der Waals surface area contributed by atoms with Crippen LogP contribution in [0.25, 0.3) is 0 Å². The first kappa shape index (κ1) is 15.7. The number of methoxy groups -OCH3 is 1. The van der Waals surface area contributed by atoms with Gasteiger partial charge in [0.1, 0.15) is 0 Å². The van der Waals surface area contributed by atoms with Gasteiger partial charge in [0.05, 0.1) is 13.2 Å². The van der Waals surface area contributed by atoms with Crippen molar-refractivity contribution < 1.29 is 24.2 Å². The van der Waals surface area contributed by atoms with E-state index in [4.69, 9.17) is 14.6 Å². The maximum Gasteiger partial charge on any atom is 0.328 e. The molecule has 0 aromatic rings. The Morgan fingerprint density at radius 3 is 2.89 bits per heavy atom. The molecular formula is C12H22N2O5. The van der Waals surface area contributed by atoms with E-state index in [0.717, 1.165) is 25.9 Å². The van der Waals surface area contributed by atoms with E-state index in [1.165, 1.54) is 4.90 Å². The normalized spacial score (nSPS) is 19.2. The van der Waals surface area contributed by atoms with Crippen LogP contribution in [-0.2, 0) is 14.3 Å². The lowest BCUT2D eigenvalue weighted by atomic mass is 10.2. The van der Waals surface area contributed by atoms with Gasteiger partial charge in [-0.15, -0.1) is 0 Å². The van der Waals surface area contributed by atoms with E-state index in [1.54, 1.807) is 7.11 Å². The quantitative estimate of drug-likeness (QED) is 0.652. The van der Waals surface area contributed by atoms with Crippen molar-refractivity contribution in [3.05, 3.63) is 0 Å². The molecule has 7 heteroatoms. The van der Waals surface area contributed by atoms with Crippen LogP contribution in [0.3, 0.4) is 0 Å². The zero-order valence-corrected chi connectivity index (χ0v) is 11.3. The molecule has 2 N–H and O–H groups in total. The summed E-state index contributed by atoms with van der Waals surface area (Å²) in [5.41, 5.74) is 0. The van der Waals surface area contributed by atoms with Crippen LogP contribution >= 0.6 is 0 Å². The Morgan fingerprint density at radius 1 is 1.42 bits per heavy atom. The summed E-state index contributed by atoms with van der Waals surface area (Å²) in [5.74, 6) is -1.03. The van der Waals surface area contributed by atoms with Gasteiger partial charge in [0.15, 0.2) is 6.04 Å². The SMILES string of the molecule is COCCCCCNC(=O)N1CCOCC1C(=O)O. The molecule has 1 fully saturated rings. The van der Waals surface area contributed by atoms with Crippen LogP contribution in [0.4, 0.5) is 4.79 Å². The molecule has 0 aromatic heterocycles. The zero-order chi connectivity index (χ0) is 14.1. The number of carbonyl (C=O) groups is 2. The van der Waals surface area contributed by atoms with Crippen LogP contribution in [-0.4, -0.2) is 68.1 Å². The number of hydrogen-bond acceptors (Lipinski definition) is 4. The van der Waals surface area contributed by atoms with Crippen LogP contribution in [0.1, 0.15) is 19.3 Å². The fraction of sp³-hybridized carbons (Fsp3) is 0.833. The van der Waals surface area contributed by atoms with Gasteiger partial charge in [-0.05, 0) is 19.3 Å². The summed E-state index contributed by atoms with van der Waals surface area (Å²) in [6.07, 6.45) is 2.79. The molecule has 1 heterocycles. The third-order valence-electron chi connectivity index (χ3n) is 2.98. The molecule has 19 heavy (non-hydrogen) atoms. The lowest BCUT2D eigenvalue weighted by Gasteiger charge is -2.32. The largest absolute Gasteiger partial charge is 0.480 e. The Kier molecular flexibility index (Phi) is 7.20. The van der Waals surface area contributed by atoms with Crippen molar-refractivity contribution in [2.24, 2.45) is 0 Å². The molecule has 0 aromatic carbocycles. The highest BCUT2D eigenvalue weighted by Gasteiger charge is 2.32. The number of morpholine rings is 1. The highest BCUT2D eigenvalue weighted by Crippen LogP contribution is 2.07. The molecule has 0 radical (unpaired) electrons. The Hall–Kier alpha value is -1.34. The average molecular weight is 274 g/mol. The number of carbonyl (C=O) groups excluding carboxylic acids is 1. The van der Waals surface area contributed by atoms with Crippen molar-refractivity contribution in [1.82, 2.24) is 10.2 Å². The minimum atomic E-state index is -1.03. The lowest BCUT2D eigenvalue weighted by Crippen LogP contribution is -2.55. The van der Waals surface area contributed by atoms with Crippen LogP contribution in [0.5, 0.6) is 0 Å². The third-order valence-corrected chi connectivity index (χ3v) is 2.98. The highest BCUT2D eigenvalue weighted by molar-refractivity contribution is 5.82. The second-order valence-corrected chi connectivity index (χ2v) is 4.41. The first-order valence-corrected chi connectivity index (χ1v) is 6.50. The summed E-state index contributed by atoms with van der Waals surface area (Å²) in [6.45, 7) is 2.01. The number of nitrogens with one attached hydrogen (secondary N) is 1. The van der Waals surface area contributed by atoms with E-state index in [9.17, 15) is 9.59 Å². The number of ether oxygens (including phenoxy) is 2.